The second-order valence-corrected chi connectivity index (χ2v) is 9.22. The lowest BCUT2D eigenvalue weighted by atomic mass is 10.0. The zero-order valence-electron chi connectivity index (χ0n) is 21.3. The maximum Gasteiger partial charge on any atom is 0.0965 e. The predicted molar refractivity (Wildman–Crippen MR) is 139 cm³/mol. The predicted octanol–water partition coefficient (Wildman–Crippen LogP) is -2.93. The van der Waals surface area contributed by atoms with Crippen LogP contribution in [0.3, 0.4) is 0 Å². The third-order valence-electron chi connectivity index (χ3n) is 6.86. The van der Waals surface area contributed by atoms with Crippen molar-refractivity contribution in [3.63, 3.8) is 0 Å². The van der Waals surface area contributed by atoms with Crippen LogP contribution < -0.4 is 39.6 Å². The molecule has 1 aromatic heterocycles. The fourth-order valence-corrected chi connectivity index (χ4v) is 4.66. The molecule has 190 valence electrons. The van der Waals surface area contributed by atoms with Gasteiger partial charge in [-0.25, -0.2) is 0 Å². The quantitative estimate of drug-likeness (QED) is 0.258. The molecule has 0 saturated carbocycles. The van der Waals surface area contributed by atoms with Crippen LogP contribution in [-0.2, 0) is 0 Å². The van der Waals surface area contributed by atoms with E-state index in [-0.39, 0.29) is 24.8 Å². The number of likely N-dealkylation sites (N-methyl/N-ethyl adjacent to an activating group) is 2. The Bertz CT molecular complexity index is 963. The van der Waals surface area contributed by atoms with Gasteiger partial charge in [0.2, 0.25) is 0 Å². The highest BCUT2D eigenvalue weighted by atomic mass is 35.5. The fraction of sp³-hybridized carbons (Fsp3) is 0.481. The highest BCUT2D eigenvalue weighted by molar-refractivity contribution is 6.31. The number of nitrogens with one attached hydrogen (secondary N) is 2. The summed E-state index contributed by atoms with van der Waals surface area (Å²) in [5, 5.41) is 4.55. The monoisotopic (exact) mass is 526 g/mol. The molecule has 0 fully saturated rings. The Balaban J connectivity index is 0.00000289. The number of nitrogens with zero attached hydrogens (tertiary/aromatic N) is 2. The standard InChI is InChI=1S/C27H39ClN4.2ClH/c1-6-29(7-2)16-18-31(19-17-30(8-3)9-4)32-21-26(23-12-10-22(5)11-13-23)25-20-24(28)14-15-27(25)32;;/h10-15,20-21H,6-9,16-19H2,1-5H3;2*1H. The van der Waals surface area contributed by atoms with Crippen molar-refractivity contribution in [1.29, 1.82) is 0 Å². The van der Waals surface area contributed by atoms with Gasteiger partial charge < -0.3 is 39.6 Å². The van der Waals surface area contributed by atoms with Gasteiger partial charge in [0.1, 0.15) is 0 Å². The molecule has 3 aromatic rings. The molecule has 0 atom stereocenters. The average molecular weight is 528 g/mol. The first-order valence-electron chi connectivity index (χ1n) is 12.3. The second-order valence-electron chi connectivity index (χ2n) is 8.78. The molecule has 2 N–H and O–H groups in total. The molecule has 0 radical (unpaired) electrons. The normalized spacial score (nSPS) is 11.1. The highest BCUT2D eigenvalue weighted by Crippen LogP contribution is 2.32. The van der Waals surface area contributed by atoms with Crippen molar-refractivity contribution in [2.75, 3.05) is 57.4 Å². The van der Waals surface area contributed by atoms with Crippen molar-refractivity contribution in [3.05, 3.63) is 59.2 Å². The van der Waals surface area contributed by atoms with Gasteiger partial charge in [-0.1, -0.05) is 41.4 Å². The lowest BCUT2D eigenvalue weighted by Gasteiger charge is -2.29. The molecule has 0 aliphatic rings. The molecule has 0 bridgehead atoms. The van der Waals surface area contributed by atoms with Crippen molar-refractivity contribution >= 4 is 22.5 Å². The van der Waals surface area contributed by atoms with Gasteiger partial charge >= 0.3 is 0 Å². The Kier molecular flexibility index (Phi) is 13.4. The number of hydrogen-bond donors (Lipinski definition) is 2. The van der Waals surface area contributed by atoms with E-state index >= 15 is 0 Å². The maximum absolute atomic E-state index is 6.44. The van der Waals surface area contributed by atoms with Crippen molar-refractivity contribution in [2.24, 2.45) is 0 Å². The summed E-state index contributed by atoms with van der Waals surface area (Å²) in [7, 11) is 0. The van der Waals surface area contributed by atoms with Gasteiger partial charge in [-0.3, -0.25) is 4.68 Å². The minimum atomic E-state index is 0. The number of rotatable bonds is 12. The maximum atomic E-state index is 6.44. The van der Waals surface area contributed by atoms with Crippen molar-refractivity contribution in [1.82, 2.24) is 4.68 Å². The lowest BCUT2D eigenvalue weighted by molar-refractivity contribution is -0.896. The van der Waals surface area contributed by atoms with Crippen molar-refractivity contribution in [3.8, 4) is 11.1 Å². The molecule has 4 nitrogen and oxygen atoms in total. The highest BCUT2D eigenvalue weighted by Gasteiger charge is 2.18. The van der Waals surface area contributed by atoms with E-state index in [1.807, 2.05) is 6.07 Å². The van der Waals surface area contributed by atoms with E-state index in [0.717, 1.165) is 31.2 Å². The van der Waals surface area contributed by atoms with Gasteiger partial charge in [-0.05, 0) is 58.4 Å². The topological polar surface area (TPSA) is 17.1 Å². The summed E-state index contributed by atoms with van der Waals surface area (Å²) in [6, 6.07) is 15.1. The Labute approximate surface area is 223 Å². The lowest BCUT2D eigenvalue weighted by Crippen LogP contribution is -3.12. The number of aromatic nitrogens is 1. The zero-order valence-corrected chi connectivity index (χ0v) is 23.6. The molecule has 7 heteroatoms. The number of hydrogen-bond acceptors (Lipinski definition) is 1. The molecule has 0 unspecified atom stereocenters. The molecule has 0 spiro atoms. The molecular formula is C27H41Cl3N4. The summed E-state index contributed by atoms with van der Waals surface area (Å²) in [6.45, 7) is 20.3. The van der Waals surface area contributed by atoms with Gasteiger partial charge in [0, 0.05) is 22.2 Å². The van der Waals surface area contributed by atoms with E-state index < -0.39 is 0 Å². The van der Waals surface area contributed by atoms with E-state index in [1.165, 1.54) is 53.8 Å². The third kappa shape index (κ3) is 7.53. The van der Waals surface area contributed by atoms with Gasteiger partial charge in [0.25, 0.3) is 0 Å². The van der Waals surface area contributed by atoms with E-state index in [9.17, 15) is 0 Å². The van der Waals surface area contributed by atoms with E-state index in [1.54, 1.807) is 9.80 Å². The summed E-state index contributed by atoms with van der Waals surface area (Å²) < 4.78 is 2.40. The number of aryl methyl sites for hydroxylation is 1. The summed E-state index contributed by atoms with van der Waals surface area (Å²) in [5.41, 5.74) is 5.00. The number of quaternary nitrogens is 2. The SMILES string of the molecule is CC[NH+](CC)CCN(CC[NH+](CC)CC)n1cc(-c2ccc(C)cc2)c2cc(Cl)ccc21.[Cl-].[Cl-]. The Morgan fingerprint density at radius 2 is 1.32 bits per heavy atom. The number of fused-ring (bicyclic) bond motifs is 1. The van der Waals surface area contributed by atoms with Crippen molar-refractivity contribution in [2.45, 2.75) is 34.6 Å². The minimum Gasteiger partial charge on any atom is -1.00 e. The summed E-state index contributed by atoms with van der Waals surface area (Å²) in [6.07, 6.45) is 2.32. The summed E-state index contributed by atoms with van der Waals surface area (Å²) in [5.74, 6) is 0. The Morgan fingerprint density at radius 1 is 0.794 bits per heavy atom. The molecule has 3 rings (SSSR count). The molecule has 0 amide bonds. The van der Waals surface area contributed by atoms with Crippen LogP contribution in [0.5, 0.6) is 0 Å². The number of halogens is 3. The molecule has 0 saturated heterocycles. The minimum absolute atomic E-state index is 0. The molecule has 1 heterocycles. The molecule has 0 aliphatic heterocycles. The van der Waals surface area contributed by atoms with Crippen LogP contribution in [0.2, 0.25) is 5.02 Å². The zero-order chi connectivity index (χ0) is 23.1. The van der Waals surface area contributed by atoms with Crippen LogP contribution in [0.1, 0.15) is 33.3 Å². The largest absolute Gasteiger partial charge is 1.00 e. The second kappa shape index (κ2) is 14.9. The van der Waals surface area contributed by atoms with Gasteiger partial charge in [-0.15, -0.1) is 0 Å². The Hall–Kier alpha value is -1.43. The molecule has 34 heavy (non-hydrogen) atoms. The van der Waals surface area contributed by atoms with Crippen LogP contribution in [0.15, 0.2) is 48.7 Å². The fourth-order valence-electron chi connectivity index (χ4n) is 4.49. The van der Waals surface area contributed by atoms with E-state index in [4.69, 9.17) is 11.6 Å². The Morgan fingerprint density at radius 3 is 1.82 bits per heavy atom. The molecule has 0 aliphatic carbocycles. The van der Waals surface area contributed by atoms with Crippen LogP contribution in [0.25, 0.3) is 22.0 Å². The molecular weight excluding hydrogens is 487 g/mol. The first-order valence-corrected chi connectivity index (χ1v) is 12.7. The van der Waals surface area contributed by atoms with Gasteiger partial charge in [0.05, 0.1) is 57.9 Å². The van der Waals surface area contributed by atoms with Gasteiger partial charge in [-0.2, -0.15) is 0 Å². The smallest absolute Gasteiger partial charge is 0.0965 e. The van der Waals surface area contributed by atoms with Crippen LogP contribution in [-0.4, -0.2) is 57.0 Å². The first-order chi connectivity index (χ1) is 15.5. The van der Waals surface area contributed by atoms with E-state index in [2.05, 4.69) is 86.9 Å². The third-order valence-corrected chi connectivity index (χ3v) is 7.10. The summed E-state index contributed by atoms with van der Waals surface area (Å²) >= 11 is 6.44. The summed E-state index contributed by atoms with van der Waals surface area (Å²) in [4.78, 5) is 3.28. The average Bonchev–Trinajstić information content (AvgIpc) is 3.17. The van der Waals surface area contributed by atoms with Crippen LogP contribution in [0.4, 0.5) is 0 Å². The van der Waals surface area contributed by atoms with E-state index in [0.29, 0.717) is 0 Å². The first kappa shape index (κ1) is 30.6. The van der Waals surface area contributed by atoms with Crippen molar-refractivity contribution < 1.29 is 34.6 Å². The number of benzene rings is 2. The molecule has 2 aromatic carbocycles. The van der Waals surface area contributed by atoms with Gasteiger partial charge in [0.15, 0.2) is 0 Å². The van der Waals surface area contributed by atoms with Crippen LogP contribution in [0, 0.1) is 6.92 Å². The van der Waals surface area contributed by atoms with Crippen LogP contribution >= 0.6 is 11.6 Å².